The van der Waals surface area contributed by atoms with E-state index in [0.29, 0.717) is 13.1 Å². The van der Waals surface area contributed by atoms with Crippen LogP contribution in [-0.4, -0.2) is 48.9 Å². The molecule has 1 atom stereocenters. The molecule has 3 aromatic rings. The highest BCUT2D eigenvalue weighted by atomic mass is 16.2. The number of carbonyl (C=O) groups excluding carboxylic acids is 2. The van der Waals surface area contributed by atoms with Crippen LogP contribution in [0.2, 0.25) is 0 Å². The van der Waals surface area contributed by atoms with Crippen molar-refractivity contribution < 1.29 is 14.5 Å². The molecule has 0 aromatic heterocycles. The van der Waals surface area contributed by atoms with Gasteiger partial charge in [-0.15, -0.1) is 0 Å². The summed E-state index contributed by atoms with van der Waals surface area (Å²) < 4.78 is 0. The molecule has 0 bridgehead atoms. The lowest BCUT2D eigenvalue weighted by Gasteiger charge is -2.34. The summed E-state index contributed by atoms with van der Waals surface area (Å²) >= 11 is 0. The number of carbonyl (C=O) groups is 2. The normalized spacial score (nSPS) is 15.8. The molecule has 148 valence electrons. The first kappa shape index (κ1) is 19.2. The maximum atomic E-state index is 12.8. The van der Waals surface area contributed by atoms with E-state index in [4.69, 9.17) is 0 Å². The Labute approximate surface area is 170 Å². The van der Waals surface area contributed by atoms with Crippen LogP contribution in [0.3, 0.4) is 0 Å². The smallest absolute Gasteiger partial charge is 0.282 e. The quantitative estimate of drug-likeness (QED) is 0.720. The van der Waals surface area contributed by atoms with Crippen LogP contribution in [0.25, 0.3) is 10.8 Å². The summed E-state index contributed by atoms with van der Waals surface area (Å²) in [6, 6.07) is 23.3. The highest BCUT2D eigenvalue weighted by molar-refractivity contribution is 5.96. The topological polar surface area (TPSA) is 53.9 Å². The Bertz CT molecular complexity index is 1010. The lowest BCUT2D eigenvalue weighted by atomic mass is 10.1. The van der Waals surface area contributed by atoms with Crippen LogP contribution in [-0.2, 0) is 4.79 Å². The summed E-state index contributed by atoms with van der Waals surface area (Å²) in [5.41, 5.74) is 1.54. The van der Waals surface area contributed by atoms with Crippen LogP contribution in [0.15, 0.2) is 72.8 Å². The zero-order valence-electron chi connectivity index (χ0n) is 16.6. The summed E-state index contributed by atoms with van der Waals surface area (Å²) in [6.45, 7) is 4.82. The van der Waals surface area contributed by atoms with Crippen LogP contribution in [0, 0.1) is 0 Å². The molecule has 29 heavy (non-hydrogen) atoms. The number of hydrogen-bond donors (Lipinski definition) is 2. The van der Waals surface area contributed by atoms with E-state index in [-0.39, 0.29) is 17.9 Å². The third kappa shape index (κ3) is 4.30. The van der Waals surface area contributed by atoms with Gasteiger partial charge in [0.25, 0.3) is 11.8 Å². The minimum atomic E-state index is -0.171. The van der Waals surface area contributed by atoms with Crippen molar-refractivity contribution in [3.05, 3.63) is 78.4 Å². The Morgan fingerprint density at radius 3 is 2.28 bits per heavy atom. The Morgan fingerprint density at radius 1 is 0.897 bits per heavy atom. The van der Waals surface area contributed by atoms with Gasteiger partial charge in [0.1, 0.15) is 0 Å². The fourth-order valence-corrected chi connectivity index (χ4v) is 3.90. The lowest BCUT2D eigenvalue weighted by Crippen LogP contribution is -3.19. The number of quaternary nitrogens is 1. The summed E-state index contributed by atoms with van der Waals surface area (Å²) in [7, 11) is 0. The minimum Gasteiger partial charge on any atom is -0.327 e. The number of hydrogen-bond acceptors (Lipinski definition) is 2. The Morgan fingerprint density at radius 2 is 1.55 bits per heavy atom. The van der Waals surface area contributed by atoms with E-state index in [1.165, 1.54) is 4.90 Å². The number of benzene rings is 3. The SMILES string of the molecule is C[C@@H](C(=O)Nc1ccc2ccccc2c1)[NH+]1CCN(C(=O)c2ccccc2)CC1. The number of piperazine rings is 1. The Hall–Kier alpha value is -3.18. The van der Waals surface area contributed by atoms with E-state index < -0.39 is 0 Å². The van der Waals surface area contributed by atoms with Crippen LogP contribution in [0.4, 0.5) is 5.69 Å². The molecule has 2 amide bonds. The highest BCUT2D eigenvalue weighted by Gasteiger charge is 2.31. The molecule has 1 heterocycles. The van der Waals surface area contributed by atoms with Crippen molar-refractivity contribution in [1.29, 1.82) is 0 Å². The maximum Gasteiger partial charge on any atom is 0.282 e. The first-order chi connectivity index (χ1) is 14.1. The van der Waals surface area contributed by atoms with Gasteiger partial charge in [0.2, 0.25) is 0 Å². The number of anilines is 1. The summed E-state index contributed by atoms with van der Waals surface area (Å²) in [6.07, 6.45) is 0. The number of fused-ring (bicyclic) bond motifs is 1. The van der Waals surface area contributed by atoms with Crippen molar-refractivity contribution in [3.63, 3.8) is 0 Å². The summed E-state index contributed by atoms with van der Waals surface area (Å²) in [4.78, 5) is 28.5. The molecular formula is C24H26N3O2+. The molecule has 4 rings (SSSR count). The molecule has 1 aliphatic rings. The molecular weight excluding hydrogens is 362 g/mol. The Balaban J connectivity index is 1.34. The molecule has 1 aliphatic heterocycles. The molecule has 1 fully saturated rings. The molecule has 0 unspecified atom stereocenters. The van der Waals surface area contributed by atoms with Gasteiger partial charge in [-0.05, 0) is 42.0 Å². The molecule has 5 heteroatoms. The predicted octanol–water partition coefficient (Wildman–Crippen LogP) is 2.21. The monoisotopic (exact) mass is 388 g/mol. The average Bonchev–Trinajstić information content (AvgIpc) is 2.78. The standard InChI is InChI=1S/C24H25N3O2/c1-18(23(28)25-22-12-11-19-7-5-6-10-21(19)17-22)26-13-15-27(16-14-26)24(29)20-8-3-2-4-9-20/h2-12,17-18H,13-16H2,1H3,(H,25,28)/p+1/t18-/m0/s1. The van der Waals surface area contributed by atoms with Crippen molar-refractivity contribution >= 4 is 28.3 Å². The Kier molecular flexibility index (Phi) is 5.58. The second kappa shape index (κ2) is 8.45. The van der Waals surface area contributed by atoms with Crippen LogP contribution in [0.5, 0.6) is 0 Å². The van der Waals surface area contributed by atoms with Crippen molar-refractivity contribution in [1.82, 2.24) is 4.90 Å². The fraction of sp³-hybridized carbons (Fsp3) is 0.250. The third-order valence-electron chi connectivity index (χ3n) is 5.74. The van der Waals surface area contributed by atoms with Gasteiger partial charge in [0.05, 0.1) is 26.2 Å². The van der Waals surface area contributed by atoms with Crippen LogP contribution < -0.4 is 10.2 Å². The molecule has 1 saturated heterocycles. The average molecular weight is 388 g/mol. The van der Waals surface area contributed by atoms with E-state index in [1.807, 2.05) is 78.6 Å². The highest BCUT2D eigenvalue weighted by Crippen LogP contribution is 2.18. The number of nitrogens with one attached hydrogen (secondary N) is 2. The van der Waals surface area contributed by atoms with E-state index in [2.05, 4.69) is 11.4 Å². The van der Waals surface area contributed by atoms with Crippen molar-refractivity contribution in [3.8, 4) is 0 Å². The first-order valence-corrected chi connectivity index (χ1v) is 10.1. The molecule has 0 spiro atoms. The first-order valence-electron chi connectivity index (χ1n) is 10.1. The number of amides is 2. The van der Waals surface area contributed by atoms with Gasteiger partial charge in [-0.3, -0.25) is 9.59 Å². The minimum absolute atomic E-state index is 0.0121. The van der Waals surface area contributed by atoms with E-state index >= 15 is 0 Å². The zero-order chi connectivity index (χ0) is 20.2. The zero-order valence-corrected chi connectivity index (χ0v) is 16.6. The largest absolute Gasteiger partial charge is 0.327 e. The van der Waals surface area contributed by atoms with Gasteiger partial charge in [-0.25, -0.2) is 0 Å². The van der Waals surface area contributed by atoms with E-state index in [1.54, 1.807) is 0 Å². The van der Waals surface area contributed by atoms with Crippen molar-refractivity contribution in [2.45, 2.75) is 13.0 Å². The van der Waals surface area contributed by atoms with E-state index in [9.17, 15) is 9.59 Å². The van der Waals surface area contributed by atoms with E-state index in [0.717, 1.165) is 35.1 Å². The van der Waals surface area contributed by atoms with Crippen molar-refractivity contribution in [2.24, 2.45) is 0 Å². The number of rotatable bonds is 4. The maximum absolute atomic E-state index is 12.8. The molecule has 0 radical (unpaired) electrons. The molecule has 0 aliphatic carbocycles. The second-order valence-corrected chi connectivity index (χ2v) is 7.59. The summed E-state index contributed by atoms with van der Waals surface area (Å²) in [5.74, 6) is 0.0797. The second-order valence-electron chi connectivity index (χ2n) is 7.59. The molecule has 2 N–H and O–H groups in total. The van der Waals surface area contributed by atoms with Gasteiger partial charge in [-0.2, -0.15) is 0 Å². The molecule has 0 saturated carbocycles. The van der Waals surface area contributed by atoms with Gasteiger partial charge >= 0.3 is 0 Å². The fourth-order valence-electron chi connectivity index (χ4n) is 3.90. The molecule has 3 aromatic carbocycles. The van der Waals surface area contributed by atoms with Gasteiger partial charge in [0, 0.05) is 11.3 Å². The van der Waals surface area contributed by atoms with Gasteiger partial charge in [0.15, 0.2) is 6.04 Å². The summed E-state index contributed by atoms with van der Waals surface area (Å²) in [5, 5.41) is 5.32. The third-order valence-corrected chi connectivity index (χ3v) is 5.74. The van der Waals surface area contributed by atoms with Crippen LogP contribution >= 0.6 is 0 Å². The predicted molar refractivity (Wildman–Crippen MR) is 115 cm³/mol. The van der Waals surface area contributed by atoms with Gasteiger partial charge < -0.3 is 15.1 Å². The lowest BCUT2D eigenvalue weighted by molar-refractivity contribution is -0.917. The van der Waals surface area contributed by atoms with Crippen LogP contribution in [0.1, 0.15) is 17.3 Å². The van der Waals surface area contributed by atoms with Crippen molar-refractivity contribution in [2.75, 3.05) is 31.5 Å². The number of nitrogens with zero attached hydrogens (tertiary/aromatic N) is 1. The van der Waals surface area contributed by atoms with Gasteiger partial charge in [-0.1, -0.05) is 48.5 Å². The molecule has 5 nitrogen and oxygen atoms in total.